The molecule has 0 aromatic rings. The first kappa shape index (κ1) is 19.8. The topological polar surface area (TPSA) is 43.4 Å². The Bertz CT molecular complexity index is 585. The van der Waals surface area contributed by atoms with Crippen LogP contribution in [0.5, 0.6) is 0 Å². The van der Waals surface area contributed by atoms with Gasteiger partial charge in [0.05, 0.1) is 18.9 Å². The van der Waals surface area contributed by atoms with Crippen molar-refractivity contribution in [3.63, 3.8) is 0 Å². The molecule has 4 aliphatic carbocycles. The van der Waals surface area contributed by atoms with Crippen LogP contribution in [0.4, 0.5) is 0 Å². The lowest BCUT2D eigenvalue weighted by atomic mass is 9.49. The minimum absolute atomic E-state index is 0.0262. The average Bonchev–Trinajstić information content (AvgIpc) is 2.31. The molecule has 0 heterocycles. The third-order valence-electron chi connectivity index (χ3n) is 7.40. The molecular formula is C20H37O3PSi. The van der Waals surface area contributed by atoms with Crippen LogP contribution in [0.2, 0.25) is 18.1 Å². The monoisotopic (exact) mass is 384 g/mol. The molecule has 4 bridgehead atoms. The van der Waals surface area contributed by atoms with E-state index in [1.54, 1.807) is 13.3 Å². The van der Waals surface area contributed by atoms with Crippen molar-refractivity contribution >= 4 is 21.2 Å². The fourth-order valence-corrected chi connectivity index (χ4v) is 8.38. The Kier molecular flexibility index (Phi) is 4.79. The molecule has 0 aromatic carbocycles. The van der Waals surface area contributed by atoms with Crippen LogP contribution < -0.4 is 0 Å². The molecule has 4 fully saturated rings. The van der Waals surface area contributed by atoms with Gasteiger partial charge in [-0.15, -0.1) is 0 Å². The van der Waals surface area contributed by atoms with Crippen LogP contribution in [0.1, 0.15) is 52.9 Å². The summed E-state index contributed by atoms with van der Waals surface area (Å²) in [5.74, 6) is 2.11. The second-order valence-electron chi connectivity index (χ2n) is 11.2. The highest BCUT2D eigenvalue weighted by molar-refractivity contribution is 7.63. The van der Waals surface area contributed by atoms with Crippen molar-refractivity contribution in [2.45, 2.75) is 76.6 Å². The molecule has 0 aromatic heterocycles. The second kappa shape index (κ2) is 6.04. The highest BCUT2D eigenvalue weighted by Crippen LogP contribution is 2.61. The van der Waals surface area contributed by atoms with Gasteiger partial charge < -0.3 is 8.99 Å². The van der Waals surface area contributed by atoms with Gasteiger partial charge in [0.15, 0.2) is 8.32 Å². The summed E-state index contributed by atoms with van der Waals surface area (Å²) in [5, 5.41) is 0.225. The molecule has 0 aliphatic heterocycles. The van der Waals surface area contributed by atoms with Crippen molar-refractivity contribution in [1.29, 1.82) is 0 Å². The lowest BCUT2D eigenvalue weighted by Crippen LogP contribution is -2.61. The molecule has 0 N–H and O–H groups in total. The lowest BCUT2D eigenvalue weighted by Gasteiger charge is -2.61. The van der Waals surface area contributed by atoms with Crippen molar-refractivity contribution in [1.82, 2.24) is 0 Å². The quantitative estimate of drug-likeness (QED) is 0.471. The fourth-order valence-electron chi connectivity index (χ4n) is 5.78. The van der Waals surface area contributed by atoms with Gasteiger partial charge in [0.25, 0.3) is 0 Å². The summed E-state index contributed by atoms with van der Waals surface area (Å²) in [4.78, 5) is 12.9. The van der Waals surface area contributed by atoms with Crippen molar-refractivity contribution < 1.29 is 13.8 Å². The summed E-state index contributed by atoms with van der Waals surface area (Å²) in [7, 11) is -4.09. The van der Waals surface area contributed by atoms with Crippen molar-refractivity contribution in [3.8, 4) is 0 Å². The van der Waals surface area contributed by atoms with E-state index >= 15 is 0 Å². The van der Waals surface area contributed by atoms with E-state index in [1.807, 2.05) is 0 Å². The van der Waals surface area contributed by atoms with E-state index < -0.39 is 15.5 Å². The number of hydrogen-bond donors (Lipinski definition) is 0. The standard InChI is InChI=1S/C20H37O3PSi/c1-19(2,3)25(6,7)23-20-10-14-8-15(11-20)18(16(9-14)12-20)17(21)13-24(4,5)22/h14-16,18H,8-13H2,1-7H3. The van der Waals surface area contributed by atoms with E-state index in [0.717, 1.165) is 18.8 Å². The van der Waals surface area contributed by atoms with Crippen LogP contribution in [0.25, 0.3) is 0 Å². The molecule has 2 unspecified atom stereocenters. The minimum Gasteiger partial charge on any atom is -0.411 e. The SMILES string of the molecule is CC(C)(C)[Si](C)(C)OC12CC3CC(C1)C(C(=O)CP(C)(C)=O)C(C3)C2. The van der Waals surface area contributed by atoms with Gasteiger partial charge in [-0.25, -0.2) is 0 Å². The molecule has 4 saturated carbocycles. The first-order valence-electron chi connectivity index (χ1n) is 9.98. The van der Waals surface area contributed by atoms with Crippen molar-refractivity contribution in [3.05, 3.63) is 0 Å². The number of Topliss-reactive ketones (excluding diaryl/α,β-unsaturated/α-hetero) is 1. The molecule has 0 saturated heterocycles. The molecular weight excluding hydrogens is 347 g/mol. The maximum Gasteiger partial charge on any atom is 0.192 e. The van der Waals surface area contributed by atoms with Crippen LogP contribution >= 0.6 is 7.14 Å². The number of carbonyl (C=O) groups is 1. The number of hydrogen-bond acceptors (Lipinski definition) is 3. The van der Waals surface area contributed by atoms with Crippen molar-refractivity contribution in [2.75, 3.05) is 19.5 Å². The zero-order valence-corrected chi connectivity index (χ0v) is 19.1. The highest BCUT2D eigenvalue weighted by atomic mass is 31.2. The summed E-state index contributed by atoms with van der Waals surface area (Å²) >= 11 is 0. The summed E-state index contributed by atoms with van der Waals surface area (Å²) in [6, 6.07) is 0. The van der Waals surface area contributed by atoms with Gasteiger partial charge >= 0.3 is 0 Å². The molecule has 25 heavy (non-hydrogen) atoms. The predicted molar refractivity (Wildman–Crippen MR) is 107 cm³/mol. The molecule has 4 rings (SSSR count). The Morgan fingerprint density at radius 1 is 1.12 bits per heavy atom. The van der Waals surface area contributed by atoms with Gasteiger partial charge in [-0.2, -0.15) is 0 Å². The average molecular weight is 385 g/mol. The Labute approximate surface area is 155 Å². The van der Waals surface area contributed by atoms with Gasteiger partial charge in [0.1, 0.15) is 5.78 Å². The van der Waals surface area contributed by atoms with Crippen LogP contribution in [0.15, 0.2) is 0 Å². The largest absolute Gasteiger partial charge is 0.411 e. The summed E-state index contributed by atoms with van der Waals surface area (Å²) < 4.78 is 19.2. The van der Waals surface area contributed by atoms with E-state index in [-0.39, 0.29) is 22.3 Å². The molecule has 3 nitrogen and oxygen atoms in total. The zero-order valence-electron chi connectivity index (χ0n) is 17.2. The van der Waals surface area contributed by atoms with E-state index in [1.165, 1.54) is 19.3 Å². The van der Waals surface area contributed by atoms with Gasteiger partial charge in [0, 0.05) is 5.92 Å². The molecule has 5 heteroatoms. The molecule has 0 radical (unpaired) electrons. The molecule has 2 atom stereocenters. The number of carbonyl (C=O) groups excluding carboxylic acids is 1. The molecule has 0 spiro atoms. The van der Waals surface area contributed by atoms with E-state index in [0.29, 0.717) is 18.0 Å². The second-order valence-corrected chi connectivity index (χ2v) is 19.4. The normalized spacial score (nSPS) is 38.2. The van der Waals surface area contributed by atoms with Crippen LogP contribution in [-0.4, -0.2) is 39.2 Å². The molecule has 0 amide bonds. The third kappa shape index (κ3) is 3.87. The van der Waals surface area contributed by atoms with E-state index in [9.17, 15) is 9.36 Å². The number of ketones is 1. The van der Waals surface area contributed by atoms with E-state index in [2.05, 4.69) is 33.9 Å². The minimum atomic E-state index is -2.28. The first-order chi connectivity index (χ1) is 11.2. The van der Waals surface area contributed by atoms with E-state index in [4.69, 9.17) is 4.43 Å². The van der Waals surface area contributed by atoms with Gasteiger partial charge in [-0.1, -0.05) is 20.8 Å². The maximum atomic E-state index is 12.9. The van der Waals surface area contributed by atoms with Gasteiger partial charge in [0.2, 0.25) is 0 Å². The third-order valence-corrected chi connectivity index (χ3v) is 13.0. The first-order valence-corrected chi connectivity index (χ1v) is 15.7. The predicted octanol–water partition coefficient (Wildman–Crippen LogP) is 5.39. The zero-order chi connectivity index (χ0) is 18.8. The molecule has 144 valence electrons. The maximum absolute atomic E-state index is 12.9. The Morgan fingerprint density at radius 2 is 1.64 bits per heavy atom. The number of rotatable bonds is 5. The summed E-state index contributed by atoms with van der Waals surface area (Å²) in [5.41, 5.74) is 0.0262. The van der Waals surface area contributed by atoms with Crippen molar-refractivity contribution in [2.24, 2.45) is 23.7 Å². The lowest BCUT2D eigenvalue weighted by molar-refractivity contribution is -0.157. The van der Waals surface area contributed by atoms with Crippen LogP contribution in [0.3, 0.4) is 0 Å². The van der Waals surface area contributed by atoms with Gasteiger partial charge in [-0.3, -0.25) is 4.79 Å². The van der Waals surface area contributed by atoms with Crippen LogP contribution in [-0.2, 0) is 13.8 Å². The Balaban J connectivity index is 1.79. The molecule has 4 aliphatic rings. The Hall–Kier alpha value is 0.0769. The highest BCUT2D eigenvalue weighted by Gasteiger charge is 2.59. The Morgan fingerprint density at radius 3 is 2.08 bits per heavy atom. The summed E-state index contributed by atoms with van der Waals surface area (Å²) in [6.45, 7) is 15.2. The smallest absolute Gasteiger partial charge is 0.192 e. The van der Waals surface area contributed by atoms with Crippen LogP contribution in [0, 0.1) is 23.7 Å². The summed E-state index contributed by atoms with van der Waals surface area (Å²) in [6.07, 6.45) is 5.99. The fraction of sp³-hybridized carbons (Fsp3) is 0.950. The van der Waals surface area contributed by atoms with Gasteiger partial charge in [-0.05, 0) is 81.3 Å².